The highest BCUT2D eigenvalue weighted by molar-refractivity contribution is 5.29. The van der Waals surface area contributed by atoms with Gasteiger partial charge in [-0.1, -0.05) is 36.2 Å². The highest BCUT2D eigenvalue weighted by Crippen LogP contribution is 2.53. The van der Waals surface area contributed by atoms with E-state index in [0.717, 1.165) is 5.92 Å². The molecule has 2 fully saturated rings. The van der Waals surface area contributed by atoms with Crippen LogP contribution in [0.2, 0.25) is 0 Å². The minimum Gasteiger partial charge on any atom is -0.316 e. The lowest BCUT2D eigenvalue weighted by molar-refractivity contribution is 0.137. The van der Waals surface area contributed by atoms with E-state index < -0.39 is 0 Å². The summed E-state index contributed by atoms with van der Waals surface area (Å²) in [6.07, 6.45) is 4.29. The van der Waals surface area contributed by atoms with Gasteiger partial charge in [0.05, 0.1) is 0 Å². The zero-order chi connectivity index (χ0) is 10.3. The van der Waals surface area contributed by atoms with Gasteiger partial charge in [0.25, 0.3) is 0 Å². The van der Waals surface area contributed by atoms with E-state index in [1.54, 1.807) is 5.56 Å². The van der Waals surface area contributed by atoms with E-state index in [1.807, 2.05) is 0 Å². The zero-order valence-corrected chi connectivity index (χ0v) is 9.42. The van der Waals surface area contributed by atoms with Crippen molar-refractivity contribution in [3.63, 3.8) is 0 Å². The van der Waals surface area contributed by atoms with Crippen LogP contribution < -0.4 is 5.32 Å². The summed E-state index contributed by atoms with van der Waals surface area (Å²) < 4.78 is 0. The van der Waals surface area contributed by atoms with Crippen molar-refractivity contribution in [3.05, 3.63) is 35.4 Å². The highest BCUT2D eigenvalue weighted by atomic mass is 14.9. The maximum absolute atomic E-state index is 3.58. The fourth-order valence-corrected chi connectivity index (χ4v) is 3.23. The van der Waals surface area contributed by atoms with Crippen molar-refractivity contribution in [1.82, 2.24) is 5.32 Å². The third kappa shape index (κ3) is 1.41. The summed E-state index contributed by atoms with van der Waals surface area (Å²) in [5, 5.41) is 3.58. The molecule has 0 unspecified atom stereocenters. The van der Waals surface area contributed by atoms with Crippen molar-refractivity contribution in [1.29, 1.82) is 0 Å². The van der Waals surface area contributed by atoms with Crippen LogP contribution in [0.25, 0.3) is 0 Å². The summed E-state index contributed by atoms with van der Waals surface area (Å²) >= 11 is 0. The number of benzene rings is 1. The molecule has 1 saturated carbocycles. The molecule has 0 aromatic heterocycles. The minimum atomic E-state index is 0.620. The van der Waals surface area contributed by atoms with Crippen molar-refractivity contribution in [3.8, 4) is 0 Å². The lowest BCUT2D eigenvalue weighted by atomic mass is 9.61. The Bertz CT molecular complexity index is 348. The van der Waals surface area contributed by atoms with Gasteiger partial charge in [0.2, 0.25) is 0 Å². The van der Waals surface area contributed by atoms with E-state index in [1.165, 1.54) is 37.9 Å². The number of rotatable bonds is 1. The fourth-order valence-electron chi connectivity index (χ4n) is 3.23. The fraction of sp³-hybridized carbons (Fsp3) is 0.571. The van der Waals surface area contributed by atoms with E-state index >= 15 is 0 Å². The Kier molecular flexibility index (Phi) is 2.10. The predicted molar refractivity (Wildman–Crippen MR) is 63.1 cm³/mol. The van der Waals surface area contributed by atoms with Crippen LogP contribution >= 0.6 is 0 Å². The molecular formula is C14H19N. The van der Waals surface area contributed by atoms with Crippen LogP contribution in [-0.2, 0) is 0 Å². The van der Waals surface area contributed by atoms with Crippen LogP contribution in [0.5, 0.6) is 0 Å². The molecule has 1 nitrogen and oxygen atoms in total. The predicted octanol–water partition coefficient (Wildman–Crippen LogP) is 2.85. The van der Waals surface area contributed by atoms with Crippen LogP contribution in [0.3, 0.4) is 0 Å². The molecule has 1 aromatic rings. The van der Waals surface area contributed by atoms with Crippen LogP contribution in [0.1, 0.15) is 36.3 Å². The van der Waals surface area contributed by atoms with Gasteiger partial charge in [-0.15, -0.1) is 0 Å². The maximum atomic E-state index is 3.58. The second-order valence-corrected chi connectivity index (χ2v) is 5.31. The second kappa shape index (κ2) is 3.34. The average Bonchev–Trinajstić information content (AvgIpc) is 2.62. The lowest BCUT2D eigenvalue weighted by Gasteiger charge is -2.43. The zero-order valence-electron chi connectivity index (χ0n) is 9.42. The lowest BCUT2D eigenvalue weighted by Crippen LogP contribution is -2.36. The Balaban J connectivity index is 1.90. The molecule has 1 N–H and O–H groups in total. The molecule has 0 bridgehead atoms. The topological polar surface area (TPSA) is 12.0 Å². The summed E-state index contributed by atoms with van der Waals surface area (Å²) in [4.78, 5) is 0. The van der Waals surface area contributed by atoms with Crippen LogP contribution in [0.15, 0.2) is 24.3 Å². The van der Waals surface area contributed by atoms with Gasteiger partial charge in [-0.05, 0) is 30.7 Å². The molecule has 1 aromatic carbocycles. The monoisotopic (exact) mass is 201 g/mol. The number of hydrogen-bond donors (Lipinski definition) is 1. The molecule has 1 spiro atoms. The summed E-state index contributed by atoms with van der Waals surface area (Å²) in [6, 6.07) is 9.15. The quantitative estimate of drug-likeness (QED) is 0.736. The average molecular weight is 201 g/mol. The minimum absolute atomic E-state index is 0.620. The largest absolute Gasteiger partial charge is 0.316 e. The normalized spacial score (nSPS) is 27.9. The van der Waals surface area contributed by atoms with E-state index in [0.29, 0.717) is 5.41 Å². The first-order chi connectivity index (χ1) is 7.30. The van der Waals surface area contributed by atoms with Gasteiger partial charge in [0.1, 0.15) is 0 Å². The van der Waals surface area contributed by atoms with E-state index in [9.17, 15) is 0 Å². The van der Waals surface area contributed by atoms with Gasteiger partial charge in [0.15, 0.2) is 0 Å². The molecule has 1 atom stereocenters. The SMILES string of the molecule is Cc1ccc([C@H]2CNCC23CCC3)cc1. The number of nitrogens with one attached hydrogen (secondary N) is 1. The van der Waals surface area contributed by atoms with Crippen molar-refractivity contribution in [2.45, 2.75) is 32.1 Å². The molecule has 1 aliphatic carbocycles. The molecule has 3 rings (SSSR count). The van der Waals surface area contributed by atoms with Gasteiger partial charge >= 0.3 is 0 Å². The van der Waals surface area contributed by atoms with Crippen LogP contribution in [0, 0.1) is 12.3 Å². The summed E-state index contributed by atoms with van der Waals surface area (Å²) in [5.41, 5.74) is 3.53. The molecule has 80 valence electrons. The smallest absolute Gasteiger partial charge is 0.00320 e. The van der Waals surface area contributed by atoms with E-state index in [2.05, 4.69) is 36.5 Å². The van der Waals surface area contributed by atoms with Gasteiger partial charge in [-0.25, -0.2) is 0 Å². The van der Waals surface area contributed by atoms with Gasteiger partial charge < -0.3 is 5.32 Å². The molecular weight excluding hydrogens is 182 g/mol. The first kappa shape index (κ1) is 9.41. The van der Waals surface area contributed by atoms with Crippen LogP contribution in [0.4, 0.5) is 0 Å². The Morgan fingerprint density at radius 3 is 2.53 bits per heavy atom. The third-order valence-electron chi connectivity index (χ3n) is 4.39. The summed E-state index contributed by atoms with van der Waals surface area (Å²) in [7, 11) is 0. The Hall–Kier alpha value is -0.820. The molecule has 1 heterocycles. The Labute approximate surface area is 91.9 Å². The van der Waals surface area contributed by atoms with Gasteiger partial charge in [-0.3, -0.25) is 0 Å². The standard InChI is InChI=1S/C14H19N/c1-11-3-5-12(6-4-11)13-9-15-10-14(13)7-2-8-14/h3-6,13,15H,2,7-10H2,1H3/t13-/m1/s1. The van der Waals surface area contributed by atoms with E-state index in [4.69, 9.17) is 0 Å². The Morgan fingerprint density at radius 2 is 1.93 bits per heavy atom. The van der Waals surface area contributed by atoms with Crippen molar-refractivity contribution in [2.24, 2.45) is 5.41 Å². The summed E-state index contributed by atoms with van der Waals surface area (Å²) in [5.74, 6) is 0.770. The third-order valence-corrected chi connectivity index (χ3v) is 4.39. The summed E-state index contributed by atoms with van der Waals surface area (Å²) in [6.45, 7) is 4.59. The van der Waals surface area contributed by atoms with Gasteiger partial charge in [0, 0.05) is 19.0 Å². The molecule has 1 heteroatoms. The van der Waals surface area contributed by atoms with Crippen molar-refractivity contribution >= 4 is 0 Å². The molecule has 2 aliphatic rings. The Morgan fingerprint density at radius 1 is 1.20 bits per heavy atom. The molecule has 1 saturated heterocycles. The van der Waals surface area contributed by atoms with Gasteiger partial charge in [-0.2, -0.15) is 0 Å². The molecule has 0 radical (unpaired) electrons. The number of hydrogen-bond acceptors (Lipinski definition) is 1. The van der Waals surface area contributed by atoms with Crippen molar-refractivity contribution in [2.75, 3.05) is 13.1 Å². The second-order valence-electron chi connectivity index (χ2n) is 5.31. The highest BCUT2D eigenvalue weighted by Gasteiger charge is 2.47. The number of aryl methyl sites for hydroxylation is 1. The van der Waals surface area contributed by atoms with Crippen molar-refractivity contribution < 1.29 is 0 Å². The first-order valence-electron chi connectivity index (χ1n) is 6.07. The molecule has 1 aliphatic heterocycles. The van der Waals surface area contributed by atoms with Crippen LogP contribution in [-0.4, -0.2) is 13.1 Å². The molecule has 0 amide bonds. The maximum Gasteiger partial charge on any atom is 0.00320 e. The first-order valence-corrected chi connectivity index (χ1v) is 6.07. The molecule has 15 heavy (non-hydrogen) atoms. The van der Waals surface area contributed by atoms with E-state index in [-0.39, 0.29) is 0 Å².